The van der Waals surface area contributed by atoms with Gasteiger partial charge in [0.2, 0.25) is 0 Å². The Kier molecular flexibility index (Phi) is 4.74. The third kappa shape index (κ3) is 3.08. The van der Waals surface area contributed by atoms with Gasteiger partial charge < -0.3 is 10.8 Å². The number of halogens is 2. The Morgan fingerprint density at radius 2 is 1.82 bits per heavy atom. The van der Waals surface area contributed by atoms with Crippen LogP contribution >= 0.6 is 23.2 Å². The third-order valence-electron chi connectivity index (χ3n) is 3.40. The molecule has 22 heavy (non-hydrogen) atoms. The Bertz CT molecular complexity index is 759. The van der Waals surface area contributed by atoms with Crippen LogP contribution in [0.1, 0.15) is 34.3 Å². The highest BCUT2D eigenvalue weighted by Gasteiger charge is 2.22. The van der Waals surface area contributed by atoms with E-state index in [-0.39, 0.29) is 27.6 Å². The summed E-state index contributed by atoms with van der Waals surface area (Å²) in [5.74, 6) is -2.20. The van der Waals surface area contributed by atoms with E-state index in [0.717, 1.165) is 0 Å². The number of anilines is 1. The maximum atomic E-state index is 12.6. The maximum absolute atomic E-state index is 12.6. The first-order chi connectivity index (χ1) is 10.3. The number of para-hydroxylation sites is 1. The van der Waals surface area contributed by atoms with Crippen molar-refractivity contribution in [1.29, 1.82) is 0 Å². The fraction of sp³-hybridized carbons (Fsp3) is 0.125. The zero-order valence-electron chi connectivity index (χ0n) is 11.6. The number of nitrogen functional groups attached to an aromatic ring is 1. The van der Waals surface area contributed by atoms with E-state index in [1.807, 2.05) is 0 Å². The van der Waals surface area contributed by atoms with Gasteiger partial charge >= 0.3 is 5.97 Å². The number of carbonyl (C=O) groups excluding carboxylic acids is 1. The van der Waals surface area contributed by atoms with Crippen molar-refractivity contribution in [2.24, 2.45) is 0 Å². The van der Waals surface area contributed by atoms with Crippen molar-refractivity contribution in [1.82, 2.24) is 0 Å². The Hall–Kier alpha value is -2.04. The number of hydrogen-bond donors (Lipinski definition) is 2. The molecule has 1 unspecified atom stereocenters. The number of carbonyl (C=O) groups is 2. The summed E-state index contributed by atoms with van der Waals surface area (Å²) in [5, 5.41) is 9.74. The van der Waals surface area contributed by atoms with Crippen LogP contribution < -0.4 is 5.73 Å². The summed E-state index contributed by atoms with van der Waals surface area (Å²) in [5.41, 5.74) is 7.01. The van der Waals surface area contributed by atoms with Crippen molar-refractivity contribution in [2.45, 2.75) is 12.8 Å². The van der Waals surface area contributed by atoms with Gasteiger partial charge in [0.25, 0.3) is 0 Å². The molecule has 0 aliphatic rings. The summed E-state index contributed by atoms with van der Waals surface area (Å²) in [6, 6.07) is 9.27. The lowest BCUT2D eigenvalue weighted by atomic mass is 9.93. The Morgan fingerprint density at radius 3 is 2.41 bits per heavy atom. The molecule has 0 heterocycles. The predicted octanol–water partition coefficient (Wildman–Crippen LogP) is 3.99. The largest absolute Gasteiger partial charge is 0.481 e. The highest BCUT2D eigenvalue weighted by Crippen LogP contribution is 2.29. The molecule has 4 nitrogen and oxygen atoms in total. The summed E-state index contributed by atoms with van der Waals surface area (Å²) in [6.07, 6.45) is 0. The molecule has 2 aromatic carbocycles. The van der Waals surface area contributed by atoms with E-state index in [1.54, 1.807) is 24.3 Å². The topological polar surface area (TPSA) is 80.4 Å². The standard InChI is InChI=1S/C16H13Cl2NO3/c1-8(16(21)22)10-3-2-4-12(14(10)19)15(20)11-6-5-9(17)7-13(11)18/h2-8H,19H2,1H3,(H,21,22). The van der Waals surface area contributed by atoms with Gasteiger partial charge in [-0.3, -0.25) is 9.59 Å². The van der Waals surface area contributed by atoms with E-state index in [9.17, 15) is 9.59 Å². The van der Waals surface area contributed by atoms with E-state index in [2.05, 4.69) is 0 Å². The second-order valence-electron chi connectivity index (χ2n) is 4.82. The van der Waals surface area contributed by atoms with Crippen molar-refractivity contribution in [2.75, 3.05) is 5.73 Å². The number of benzene rings is 2. The lowest BCUT2D eigenvalue weighted by Gasteiger charge is -2.14. The van der Waals surface area contributed by atoms with E-state index < -0.39 is 11.9 Å². The van der Waals surface area contributed by atoms with E-state index >= 15 is 0 Å². The molecule has 2 aromatic rings. The highest BCUT2D eigenvalue weighted by molar-refractivity contribution is 6.37. The molecule has 114 valence electrons. The van der Waals surface area contributed by atoms with Crippen LogP contribution in [0.3, 0.4) is 0 Å². The molecule has 3 N–H and O–H groups in total. The first-order valence-electron chi connectivity index (χ1n) is 6.44. The predicted molar refractivity (Wildman–Crippen MR) is 86.8 cm³/mol. The molecule has 0 saturated heterocycles. The number of hydrogen-bond acceptors (Lipinski definition) is 3. The number of rotatable bonds is 4. The minimum absolute atomic E-state index is 0.147. The summed E-state index contributed by atoms with van der Waals surface area (Å²) < 4.78 is 0. The number of nitrogens with two attached hydrogens (primary N) is 1. The quantitative estimate of drug-likeness (QED) is 0.652. The molecule has 0 amide bonds. The molecule has 0 fully saturated rings. The zero-order valence-corrected chi connectivity index (χ0v) is 13.2. The van der Waals surface area contributed by atoms with Gasteiger partial charge in [-0.05, 0) is 36.8 Å². The van der Waals surface area contributed by atoms with Crippen LogP contribution in [0.5, 0.6) is 0 Å². The normalized spacial score (nSPS) is 12.0. The first-order valence-corrected chi connectivity index (χ1v) is 7.19. The number of carboxylic acid groups (broad SMARTS) is 1. The first kappa shape index (κ1) is 16.3. The van der Waals surface area contributed by atoms with Gasteiger partial charge in [0, 0.05) is 21.8 Å². The number of carboxylic acids is 1. The lowest BCUT2D eigenvalue weighted by Crippen LogP contribution is -2.13. The van der Waals surface area contributed by atoms with E-state index in [4.69, 9.17) is 34.0 Å². The molecule has 6 heteroatoms. The summed E-state index contributed by atoms with van der Waals surface area (Å²) in [7, 11) is 0. The van der Waals surface area contributed by atoms with Crippen molar-refractivity contribution >= 4 is 40.6 Å². The van der Waals surface area contributed by atoms with E-state index in [1.165, 1.54) is 19.1 Å². The van der Waals surface area contributed by atoms with Crippen LogP contribution in [-0.2, 0) is 4.79 Å². The molecular weight excluding hydrogens is 325 g/mol. The van der Waals surface area contributed by atoms with Crippen molar-refractivity contribution in [3.63, 3.8) is 0 Å². The number of aliphatic carboxylic acids is 1. The molecule has 0 radical (unpaired) electrons. The molecule has 0 spiro atoms. The Morgan fingerprint density at radius 1 is 1.14 bits per heavy atom. The molecule has 0 bridgehead atoms. The third-order valence-corrected chi connectivity index (χ3v) is 3.94. The maximum Gasteiger partial charge on any atom is 0.310 e. The molecule has 0 aromatic heterocycles. The lowest BCUT2D eigenvalue weighted by molar-refractivity contribution is -0.138. The van der Waals surface area contributed by atoms with Crippen LogP contribution in [0, 0.1) is 0 Å². The average molecular weight is 338 g/mol. The van der Waals surface area contributed by atoms with Crippen LogP contribution in [0.25, 0.3) is 0 Å². The molecule has 0 aliphatic heterocycles. The monoisotopic (exact) mass is 337 g/mol. The van der Waals surface area contributed by atoms with Gasteiger partial charge in [0.1, 0.15) is 0 Å². The Labute approximate surface area is 137 Å². The summed E-state index contributed by atoms with van der Waals surface area (Å²) >= 11 is 11.9. The van der Waals surface area contributed by atoms with Crippen molar-refractivity contribution in [3.8, 4) is 0 Å². The zero-order chi connectivity index (χ0) is 16.4. The van der Waals surface area contributed by atoms with Gasteiger partial charge in [-0.15, -0.1) is 0 Å². The second kappa shape index (κ2) is 6.38. The fourth-order valence-electron chi connectivity index (χ4n) is 2.11. The van der Waals surface area contributed by atoms with Gasteiger partial charge in [-0.2, -0.15) is 0 Å². The molecule has 0 saturated carbocycles. The highest BCUT2D eigenvalue weighted by atomic mass is 35.5. The summed E-state index contributed by atoms with van der Waals surface area (Å²) in [4.78, 5) is 23.7. The van der Waals surface area contributed by atoms with Gasteiger partial charge in [0.05, 0.1) is 10.9 Å². The van der Waals surface area contributed by atoms with E-state index in [0.29, 0.717) is 10.6 Å². The molecule has 2 rings (SSSR count). The number of ketones is 1. The minimum atomic E-state index is -1.01. The SMILES string of the molecule is CC(C(=O)O)c1cccc(C(=O)c2ccc(Cl)cc2Cl)c1N. The van der Waals surface area contributed by atoms with Crippen LogP contribution in [0.2, 0.25) is 10.0 Å². The van der Waals surface area contributed by atoms with Crippen LogP contribution in [-0.4, -0.2) is 16.9 Å². The molecular formula is C16H13Cl2NO3. The van der Waals surface area contributed by atoms with Gasteiger partial charge in [0.15, 0.2) is 5.78 Å². The minimum Gasteiger partial charge on any atom is -0.481 e. The second-order valence-corrected chi connectivity index (χ2v) is 5.67. The van der Waals surface area contributed by atoms with Gasteiger partial charge in [-0.1, -0.05) is 35.3 Å². The molecule has 0 aliphatic carbocycles. The van der Waals surface area contributed by atoms with Crippen LogP contribution in [0.4, 0.5) is 5.69 Å². The van der Waals surface area contributed by atoms with Crippen molar-refractivity contribution < 1.29 is 14.7 Å². The fourth-order valence-corrected chi connectivity index (χ4v) is 2.60. The average Bonchev–Trinajstić information content (AvgIpc) is 2.46. The summed E-state index contributed by atoms with van der Waals surface area (Å²) in [6.45, 7) is 1.51. The van der Waals surface area contributed by atoms with Crippen molar-refractivity contribution in [3.05, 3.63) is 63.1 Å². The Balaban J connectivity index is 2.51. The van der Waals surface area contributed by atoms with Gasteiger partial charge in [-0.25, -0.2) is 0 Å². The smallest absolute Gasteiger partial charge is 0.310 e. The van der Waals surface area contributed by atoms with Crippen LogP contribution in [0.15, 0.2) is 36.4 Å². The molecule has 1 atom stereocenters.